The number of nitrogens with one attached hydrogen (secondary N) is 2. The number of aryl methyl sites for hydroxylation is 1. The van der Waals surface area contributed by atoms with Crippen molar-refractivity contribution < 1.29 is 22.7 Å². The van der Waals surface area contributed by atoms with Crippen LogP contribution in [-0.2, 0) is 24.3 Å². The minimum atomic E-state index is -3.95. The quantitative estimate of drug-likeness (QED) is 0.681. The Morgan fingerprint density at radius 1 is 1.14 bits per heavy atom. The number of benzene rings is 2. The fourth-order valence-corrected chi connectivity index (χ4v) is 3.15. The van der Waals surface area contributed by atoms with Gasteiger partial charge in [0.2, 0.25) is 10.0 Å². The van der Waals surface area contributed by atoms with Crippen LogP contribution in [0.15, 0.2) is 53.4 Å². The highest BCUT2D eigenvalue weighted by Crippen LogP contribution is 2.14. The Bertz CT molecular complexity index is 1010. The molecule has 9 heteroatoms. The molecule has 0 aromatic heterocycles. The molecule has 0 aliphatic heterocycles. The van der Waals surface area contributed by atoms with E-state index in [-0.39, 0.29) is 4.90 Å². The Balaban J connectivity index is 1.89. The minimum absolute atomic E-state index is 0.0929. The van der Waals surface area contributed by atoms with Crippen molar-refractivity contribution in [1.82, 2.24) is 4.72 Å². The Morgan fingerprint density at radius 3 is 2.39 bits per heavy atom. The second kappa shape index (κ2) is 9.12. The van der Waals surface area contributed by atoms with Crippen LogP contribution in [0.25, 0.3) is 0 Å². The summed E-state index contributed by atoms with van der Waals surface area (Å²) in [6, 6.07) is 14.2. The van der Waals surface area contributed by atoms with Crippen LogP contribution < -0.4 is 10.0 Å². The molecule has 0 unspecified atom stereocenters. The number of nitriles is 1. The van der Waals surface area contributed by atoms with Crippen LogP contribution in [-0.4, -0.2) is 32.9 Å². The first-order valence-electron chi connectivity index (χ1n) is 8.29. The largest absolute Gasteiger partial charge is 0.452 e. The van der Waals surface area contributed by atoms with Crippen molar-refractivity contribution in [1.29, 1.82) is 5.26 Å². The van der Waals surface area contributed by atoms with E-state index in [1.54, 1.807) is 12.1 Å². The third-order valence-corrected chi connectivity index (χ3v) is 5.20. The molecule has 0 fully saturated rings. The van der Waals surface area contributed by atoms with Gasteiger partial charge in [-0.1, -0.05) is 18.2 Å². The van der Waals surface area contributed by atoms with Crippen molar-refractivity contribution in [3.8, 4) is 6.07 Å². The normalized spacial score (nSPS) is 11.9. The Kier molecular flexibility index (Phi) is 6.87. The standard InChI is InChI=1S/C19H19N3O5S/c1-13-5-3-4-6-17(13)22-19(24)14(2)27-18(23)12-21-28(25,26)16-9-7-15(11-20)8-10-16/h3-10,14,21H,12H2,1-2H3,(H,22,24)/t14-/m0/s1. The molecular weight excluding hydrogens is 382 g/mol. The van der Waals surface area contributed by atoms with Gasteiger partial charge in [0, 0.05) is 5.69 Å². The maximum absolute atomic E-state index is 12.2. The molecule has 0 radical (unpaired) electrons. The first kappa shape index (κ1) is 21.1. The van der Waals surface area contributed by atoms with Gasteiger partial charge in [-0.25, -0.2) is 8.42 Å². The summed E-state index contributed by atoms with van der Waals surface area (Å²) in [4.78, 5) is 23.9. The van der Waals surface area contributed by atoms with Crippen LogP contribution in [0.3, 0.4) is 0 Å². The number of sulfonamides is 1. The van der Waals surface area contributed by atoms with Crippen LogP contribution in [0.4, 0.5) is 5.69 Å². The lowest BCUT2D eigenvalue weighted by atomic mass is 10.2. The van der Waals surface area contributed by atoms with E-state index < -0.39 is 34.5 Å². The Hall–Kier alpha value is -3.22. The predicted octanol–water partition coefficient (Wildman–Crippen LogP) is 1.72. The minimum Gasteiger partial charge on any atom is -0.452 e. The van der Waals surface area contributed by atoms with Gasteiger partial charge in [0.25, 0.3) is 5.91 Å². The number of esters is 1. The molecule has 2 aromatic carbocycles. The summed E-state index contributed by atoms with van der Waals surface area (Å²) in [7, 11) is -3.95. The molecule has 28 heavy (non-hydrogen) atoms. The van der Waals surface area contributed by atoms with Gasteiger partial charge in [-0.3, -0.25) is 9.59 Å². The van der Waals surface area contributed by atoms with E-state index >= 15 is 0 Å². The average Bonchev–Trinajstić information content (AvgIpc) is 2.68. The van der Waals surface area contributed by atoms with Crippen molar-refractivity contribution >= 4 is 27.6 Å². The highest BCUT2D eigenvalue weighted by Gasteiger charge is 2.21. The van der Waals surface area contributed by atoms with Crippen LogP contribution in [0, 0.1) is 18.3 Å². The number of hydrogen-bond donors (Lipinski definition) is 2. The summed E-state index contributed by atoms with van der Waals surface area (Å²) in [6.45, 7) is 2.58. The van der Waals surface area contributed by atoms with Gasteiger partial charge in [-0.2, -0.15) is 9.98 Å². The predicted molar refractivity (Wildman–Crippen MR) is 102 cm³/mol. The van der Waals surface area contributed by atoms with Gasteiger partial charge >= 0.3 is 5.97 Å². The SMILES string of the molecule is Cc1ccccc1NC(=O)[C@H](C)OC(=O)CNS(=O)(=O)c1ccc(C#N)cc1. The fourth-order valence-electron chi connectivity index (χ4n) is 2.19. The van der Waals surface area contributed by atoms with Crippen LogP contribution >= 0.6 is 0 Å². The molecule has 0 aliphatic carbocycles. The zero-order valence-corrected chi connectivity index (χ0v) is 16.1. The molecule has 0 saturated heterocycles. The zero-order valence-electron chi connectivity index (χ0n) is 15.3. The van der Waals surface area contributed by atoms with E-state index in [1.807, 2.05) is 25.1 Å². The molecule has 2 rings (SSSR count). The van der Waals surface area contributed by atoms with E-state index in [2.05, 4.69) is 10.0 Å². The number of rotatable bonds is 7. The van der Waals surface area contributed by atoms with E-state index in [4.69, 9.17) is 10.00 Å². The van der Waals surface area contributed by atoms with Crippen molar-refractivity contribution in [2.45, 2.75) is 24.8 Å². The summed E-state index contributed by atoms with van der Waals surface area (Å²) in [5.41, 5.74) is 1.76. The Morgan fingerprint density at radius 2 is 1.79 bits per heavy atom. The molecule has 0 saturated carbocycles. The number of hydrogen-bond acceptors (Lipinski definition) is 6. The maximum Gasteiger partial charge on any atom is 0.321 e. The second-order valence-electron chi connectivity index (χ2n) is 5.90. The monoisotopic (exact) mass is 401 g/mol. The highest BCUT2D eigenvalue weighted by molar-refractivity contribution is 7.89. The van der Waals surface area contributed by atoms with E-state index in [1.165, 1.54) is 31.2 Å². The van der Waals surface area contributed by atoms with Crippen molar-refractivity contribution in [2.75, 3.05) is 11.9 Å². The molecule has 2 N–H and O–H groups in total. The number of ether oxygens (including phenoxy) is 1. The number of para-hydroxylation sites is 1. The molecule has 2 aromatic rings. The molecule has 0 aliphatic rings. The van der Waals surface area contributed by atoms with E-state index in [0.717, 1.165) is 5.56 Å². The lowest BCUT2D eigenvalue weighted by Gasteiger charge is -2.15. The van der Waals surface area contributed by atoms with Gasteiger partial charge in [-0.15, -0.1) is 0 Å². The first-order valence-corrected chi connectivity index (χ1v) is 9.77. The summed E-state index contributed by atoms with van der Waals surface area (Å²) in [5.74, 6) is -1.43. The molecule has 146 valence electrons. The average molecular weight is 401 g/mol. The fraction of sp³-hybridized carbons (Fsp3) is 0.211. The summed E-state index contributed by atoms with van der Waals surface area (Å²) in [6.07, 6.45) is -1.11. The Labute approximate surface area is 163 Å². The van der Waals surface area contributed by atoms with Crippen LogP contribution in [0.1, 0.15) is 18.1 Å². The molecule has 0 spiro atoms. The van der Waals surface area contributed by atoms with Crippen molar-refractivity contribution in [3.63, 3.8) is 0 Å². The highest BCUT2D eigenvalue weighted by atomic mass is 32.2. The summed E-state index contributed by atoms with van der Waals surface area (Å²) in [5, 5.41) is 11.4. The molecular formula is C19H19N3O5S. The molecule has 1 amide bonds. The van der Waals surface area contributed by atoms with Gasteiger partial charge in [-0.05, 0) is 49.7 Å². The summed E-state index contributed by atoms with van der Waals surface area (Å²) < 4.78 is 31.4. The second-order valence-corrected chi connectivity index (χ2v) is 7.66. The van der Waals surface area contributed by atoms with Gasteiger partial charge in [0.05, 0.1) is 16.5 Å². The zero-order chi connectivity index (χ0) is 20.7. The van der Waals surface area contributed by atoms with Gasteiger partial charge in [0.1, 0.15) is 6.54 Å². The van der Waals surface area contributed by atoms with Gasteiger partial charge in [0.15, 0.2) is 6.10 Å². The number of carbonyl (C=O) groups excluding carboxylic acids is 2. The molecule has 0 bridgehead atoms. The lowest BCUT2D eigenvalue weighted by Crippen LogP contribution is -2.35. The molecule has 8 nitrogen and oxygen atoms in total. The van der Waals surface area contributed by atoms with E-state index in [9.17, 15) is 18.0 Å². The number of carbonyl (C=O) groups is 2. The van der Waals surface area contributed by atoms with Crippen LogP contribution in [0.5, 0.6) is 0 Å². The van der Waals surface area contributed by atoms with Crippen LogP contribution in [0.2, 0.25) is 0 Å². The third kappa shape index (κ3) is 5.64. The topological polar surface area (TPSA) is 125 Å². The number of anilines is 1. The first-order chi connectivity index (χ1) is 13.2. The summed E-state index contributed by atoms with van der Waals surface area (Å²) >= 11 is 0. The van der Waals surface area contributed by atoms with Crippen molar-refractivity contribution in [2.24, 2.45) is 0 Å². The number of amides is 1. The lowest BCUT2D eigenvalue weighted by molar-refractivity contribution is -0.151. The van der Waals surface area contributed by atoms with Crippen molar-refractivity contribution in [3.05, 3.63) is 59.7 Å². The van der Waals surface area contributed by atoms with E-state index in [0.29, 0.717) is 11.3 Å². The molecule has 0 heterocycles. The third-order valence-electron chi connectivity index (χ3n) is 3.78. The smallest absolute Gasteiger partial charge is 0.321 e. The van der Waals surface area contributed by atoms with Gasteiger partial charge < -0.3 is 10.1 Å². The molecule has 1 atom stereocenters. The maximum atomic E-state index is 12.2. The number of nitrogens with zero attached hydrogens (tertiary/aromatic N) is 1.